The van der Waals surface area contributed by atoms with Crippen molar-refractivity contribution < 1.29 is 4.39 Å². The van der Waals surface area contributed by atoms with E-state index < -0.39 is 0 Å². The smallest absolute Gasteiger partial charge is 0.123 e. The first-order valence-corrected chi connectivity index (χ1v) is 7.94. The molecule has 4 heteroatoms. The Bertz CT molecular complexity index is 553. The summed E-state index contributed by atoms with van der Waals surface area (Å²) in [5.74, 6) is -0.187. The molecule has 0 aliphatic carbocycles. The van der Waals surface area contributed by atoms with Crippen LogP contribution in [0.25, 0.3) is 0 Å². The van der Waals surface area contributed by atoms with Gasteiger partial charge in [-0.25, -0.2) is 4.39 Å². The molecule has 0 radical (unpaired) electrons. The largest absolute Gasteiger partial charge is 0.312 e. The Morgan fingerprint density at radius 1 is 1.32 bits per heavy atom. The van der Waals surface area contributed by atoms with Crippen molar-refractivity contribution in [1.82, 2.24) is 5.32 Å². The maximum absolute atomic E-state index is 13.3. The minimum absolute atomic E-state index is 0.187. The van der Waals surface area contributed by atoms with Crippen molar-refractivity contribution in [3.63, 3.8) is 0 Å². The highest BCUT2D eigenvalue weighted by Gasteiger charge is 2.14. The Hall–Kier alpha value is -0.710. The molecule has 102 valence electrons. The predicted molar refractivity (Wildman–Crippen MR) is 83.3 cm³/mol. The van der Waals surface area contributed by atoms with Crippen molar-refractivity contribution in [3.8, 4) is 0 Å². The van der Waals surface area contributed by atoms with Crippen LogP contribution in [0.4, 0.5) is 4.39 Å². The number of hydrogen-bond donors (Lipinski definition) is 1. The molecule has 0 saturated carbocycles. The van der Waals surface area contributed by atoms with Crippen molar-refractivity contribution >= 4 is 27.3 Å². The standard InChI is InChI=1S/C15H17BrFNS/c1-3-12-5-7-15(19-12)14(18-2)9-10-8-11(17)4-6-13(10)16/h4-8,14,18H,3,9H2,1-2H3. The summed E-state index contributed by atoms with van der Waals surface area (Å²) in [6, 6.07) is 9.40. The fourth-order valence-corrected chi connectivity index (χ4v) is 3.51. The SMILES string of the molecule is CCc1ccc(C(Cc2cc(F)ccc2Br)NC)s1. The van der Waals surface area contributed by atoms with Crippen LogP contribution >= 0.6 is 27.3 Å². The number of aryl methyl sites for hydroxylation is 1. The zero-order valence-electron chi connectivity index (χ0n) is 11.0. The Morgan fingerprint density at radius 2 is 2.11 bits per heavy atom. The molecule has 0 aliphatic heterocycles. The molecule has 1 aromatic carbocycles. The van der Waals surface area contributed by atoms with Crippen molar-refractivity contribution in [2.75, 3.05) is 7.05 Å². The Labute approximate surface area is 126 Å². The summed E-state index contributed by atoms with van der Waals surface area (Å²) in [7, 11) is 1.95. The Morgan fingerprint density at radius 3 is 2.74 bits per heavy atom. The van der Waals surface area contributed by atoms with E-state index in [4.69, 9.17) is 0 Å². The maximum Gasteiger partial charge on any atom is 0.123 e. The molecule has 1 N–H and O–H groups in total. The fraction of sp³-hybridized carbons (Fsp3) is 0.333. The van der Waals surface area contributed by atoms with E-state index in [1.54, 1.807) is 12.1 Å². The van der Waals surface area contributed by atoms with Gasteiger partial charge in [0.1, 0.15) is 5.82 Å². The maximum atomic E-state index is 13.3. The van der Waals surface area contributed by atoms with E-state index in [2.05, 4.69) is 40.3 Å². The van der Waals surface area contributed by atoms with Crippen LogP contribution in [0.15, 0.2) is 34.8 Å². The minimum Gasteiger partial charge on any atom is -0.312 e. The molecule has 19 heavy (non-hydrogen) atoms. The molecule has 2 rings (SSSR count). The van der Waals surface area contributed by atoms with E-state index in [1.165, 1.54) is 15.8 Å². The average Bonchev–Trinajstić information content (AvgIpc) is 2.88. The molecule has 0 bridgehead atoms. The van der Waals surface area contributed by atoms with Gasteiger partial charge >= 0.3 is 0 Å². The van der Waals surface area contributed by atoms with Crippen molar-refractivity contribution in [1.29, 1.82) is 0 Å². The zero-order valence-corrected chi connectivity index (χ0v) is 13.4. The average molecular weight is 342 g/mol. The first-order valence-electron chi connectivity index (χ1n) is 6.33. The summed E-state index contributed by atoms with van der Waals surface area (Å²) in [6.45, 7) is 2.16. The first kappa shape index (κ1) is 14.7. The number of nitrogens with one attached hydrogen (secondary N) is 1. The van der Waals surface area contributed by atoms with Gasteiger partial charge in [0.2, 0.25) is 0 Å². The quantitative estimate of drug-likeness (QED) is 0.829. The lowest BCUT2D eigenvalue weighted by Gasteiger charge is -2.15. The molecule has 0 saturated heterocycles. The second kappa shape index (κ2) is 6.64. The van der Waals surface area contributed by atoms with Crippen LogP contribution in [-0.2, 0) is 12.8 Å². The van der Waals surface area contributed by atoms with Gasteiger partial charge in [0.15, 0.2) is 0 Å². The van der Waals surface area contributed by atoms with E-state index >= 15 is 0 Å². The van der Waals surface area contributed by atoms with Crippen molar-refractivity contribution in [2.24, 2.45) is 0 Å². The third-order valence-electron chi connectivity index (χ3n) is 3.15. The number of rotatable bonds is 5. The molecule has 0 amide bonds. The number of benzene rings is 1. The van der Waals surface area contributed by atoms with Gasteiger partial charge < -0.3 is 5.32 Å². The van der Waals surface area contributed by atoms with Crippen LogP contribution < -0.4 is 5.32 Å². The molecule has 0 fully saturated rings. The topological polar surface area (TPSA) is 12.0 Å². The Balaban J connectivity index is 2.21. The van der Waals surface area contributed by atoms with Crippen molar-refractivity contribution in [2.45, 2.75) is 25.8 Å². The van der Waals surface area contributed by atoms with Gasteiger partial charge in [-0.2, -0.15) is 0 Å². The van der Waals surface area contributed by atoms with E-state index in [1.807, 2.05) is 18.4 Å². The van der Waals surface area contributed by atoms with Crippen LogP contribution in [-0.4, -0.2) is 7.05 Å². The van der Waals surface area contributed by atoms with Gasteiger partial charge in [0.25, 0.3) is 0 Å². The highest BCUT2D eigenvalue weighted by Crippen LogP contribution is 2.29. The monoisotopic (exact) mass is 341 g/mol. The summed E-state index contributed by atoms with van der Waals surface area (Å²) in [6.07, 6.45) is 1.84. The predicted octanol–water partition coefficient (Wildman–Crippen LogP) is 4.72. The summed E-state index contributed by atoms with van der Waals surface area (Å²) in [5.41, 5.74) is 0.991. The molecule has 2 aromatic rings. The zero-order chi connectivity index (χ0) is 13.8. The molecule has 0 spiro atoms. The molecule has 1 atom stereocenters. The van der Waals surface area contributed by atoms with Gasteiger partial charge in [0.05, 0.1) is 0 Å². The highest BCUT2D eigenvalue weighted by atomic mass is 79.9. The minimum atomic E-state index is -0.187. The van der Waals surface area contributed by atoms with E-state index in [0.29, 0.717) is 0 Å². The Kier molecular flexibility index (Phi) is 5.13. The van der Waals surface area contributed by atoms with E-state index in [9.17, 15) is 4.39 Å². The molecule has 1 nitrogen and oxygen atoms in total. The van der Waals surface area contributed by atoms with Gasteiger partial charge in [-0.15, -0.1) is 11.3 Å². The van der Waals surface area contributed by atoms with Crippen LogP contribution in [0.3, 0.4) is 0 Å². The molecule has 0 aliphatic rings. The lowest BCUT2D eigenvalue weighted by molar-refractivity contribution is 0.590. The summed E-state index contributed by atoms with van der Waals surface area (Å²) >= 11 is 5.31. The second-order valence-electron chi connectivity index (χ2n) is 4.44. The van der Waals surface area contributed by atoms with Crippen LogP contribution in [0.1, 0.15) is 28.3 Å². The first-order chi connectivity index (χ1) is 9.13. The second-order valence-corrected chi connectivity index (χ2v) is 6.49. The number of halogens is 2. The summed E-state index contributed by atoms with van der Waals surface area (Å²) in [5, 5.41) is 3.32. The summed E-state index contributed by atoms with van der Waals surface area (Å²) < 4.78 is 14.3. The fourth-order valence-electron chi connectivity index (χ4n) is 2.04. The van der Waals surface area contributed by atoms with Crippen molar-refractivity contribution in [3.05, 3.63) is 55.9 Å². The highest BCUT2D eigenvalue weighted by molar-refractivity contribution is 9.10. The number of likely N-dealkylation sites (N-methyl/N-ethyl adjacent to an activating group) is 1. The van der Waals surface area contributed by atoms with E-state index in [-0.39, 0.29) is 11.9 Å². The lowest BCUT2D eigenvalue weighted by atomic mass is 10.0. The van der Waals surface area contributed by atoms with Gasteiger partial charge in [-0.1, -0.05) is 22.9 Å². The van der Waals surface area contributed by atoms with Gasteiger partial charge in [0, 0.05) is 20.3 Å². The van der Waals surface area contributed by atoms with Crippen LogP contribution in [0.2, 0.25) is 0 Å². The molecule has 1 unspecified atom stereocenters. The van der Waals surface area contributed by atoms with Crippen LogP contribution in [0, 0.1) is 5.82 Å². The van der Waals surface area contributed by atoms with Crippen LogP contribution in [0.5, 0.6) is 0 Å². The van der Waals surface area contributed by atoms with E-state index in [0.717, 1.165) is 22.9 Å². The molecule has 1 aromatic heterocycles. The van der Waals surface area contributed by atoms with Gasteiger partial charge in [-0.05, 0) is 55.8 Å². The normalized spacial score (nSPS) is 12.6. The third-order valence-corrected chi connectivity index (χ3v) is 5.27. The van der Waals surface area contributed by atoms with Gasteiger partial charge in [-0.3, -0.25) is 0 Å². The molecular weight excluding hydrogens is 325 g/mol. The summed E-state index contributed by atoms with van der Waals surface area (Å²) in [4.78, 5) is 2.68. The third kappa shape index (κ3) is 3.65. The molecular formula is C15H17BrFNS. The lowest BCUT2D eigenvalue weighted by Crippen LogP contribution is -2.18. The number of thiophene rings is 1. The number of hydrogen-bond acceptors (Lipinski definition) is 2. The molecule has 1 heterocycles.